The van der Waals surface area contributed by atoms with E-state index in [4.69, 9.17) is 15.6 Å². The fourth-order valence-electron chi connectivity index (χ4n) is 1.82. The quantitative estimate of drug-likeness (QED) is 0.483. The Morgan fingerprint density at radius 3 is 2.36 bits per heavy atom. The van der Waals surface area contributed by atoms with Crippen LogP contribution in [0.1, 0.15) is 5.56 Å². The van der Waals surface area contributed by atoms with Gasteiger partial charge in [0.1, 0.15) is 11.8 Å². The van der Waals surface area contributed by atoms with E-state index in [1.165, 1.54) is 0 Å². The molecule has 0 heterocycles. The van der Waals surface area contributed by atoms with Crippen LogP contribution in [0.15, 0.2) is 36.4 Å². The molecule has 116 valence electrons. The lowest BCUT2D eigenvalue weighted by Gasteiger charge is -2.13. The number of ether oxygens (including phenoxy) is 1. The monoisotopic (exact) mass is 635 g/mol. The summed E-state index contributed by atoms with van der Waals surface area (Å²) in [7, 11) is 0. The van der Waals surface area contributed by atoms with Crippen molar-refractivity contribution in [3.05, 3.63) is 52.7 Å². The highest BCUT2D eigenvalue weighted by atomic mass is 127. The zero-order valence-electron chi connectivity index (χ0n) is 11.2. The third kappa shape index (κ3) is 4.93. The molecule has 0 aromatic heterocycles. The number of benzene rings is 2. The third-order valence-electron chi connectivity index (χ3n) is 2.85. The highest BCUT2D eigenvalue weighted by Gasteiger charge is 2.15. The number of carbonyl (C=O) groups is 1. The SMILES string of the molecule is N[C@H](Cc1cc(I)c(Oc2cccc(I)c2)c(I)c1)C(=O)O. The number of halogens is 3. The van der Waals surface area contributed by atoms with Gasteiger partial charge in [-0.05, 0) is 110 Å². The topological polar surface area (TPSA) is 72.5 Å². The van der Waals surface area contributed by atoms with Crippen molar-refractivity contribution in [2.45, 2.75) is 12.5 Å². The van der Waals surface area contributed by atoms with Crippen LogP contribution >= 0.6 is 67.8 Å². The van der Waals surface area contributed by atoms with E-state index < -0.39 is 12.0 Å². The average molecular weight is 635 g/mol. The van der Waals surface area contributed by atoms with Crippen LogP contribution in [0, 0.1) is 10.7 Å². The van der Waals surface area contributed by atoms with Gasteiger partial charge in [0.2, 0.25) is 0 Å². The third-order valence-corrected chi connectivity index (χ3v) is 5.12. The molecule has 0 aliphatic carbocycles. The molecule has 0 radical (unpaired) electrons. The Morgan fingerprint density at radius 1 is 1.18 bits per heavy atom. The second-order valence-corrected chi connectivity index (χ2v) is 8.17. The van der Waals surface area contributed by atoms with Gasteiger partial charge in [0, 0.05) is 3.57 Å². The molecule has 22 heavy (non-hydrogen) atoms. The van der Waals surface area contributed by atoms with E-state index in [0.717, 1.165) is 27.8 Å². The van der Waals surface area contributed by atoms with E-state index in [0.29, 0.717) is 6.42 Å². The van der Waals surface area contributed by atoms with Gasteiger partial charge in [0.05, 0.1) is 7.14 Å². The van der Waals surface area contributed by atoms with Gasteiger partial charge in [0.25, 0.3) is 0 Å². The van der Waals surface area contributed by atoms with E-state index in [2.05, 4.69) is 67.8 Å². The number of carboxylic acids is 1. The Morgan fingerprint density at radius 2 is 1.82 bits per heavy atom. The molecule has 3 N–H and O–H groups in total. The highest BCUT2D eigenvalue weighted by molar-refractivity contribution is 14.1. The van der Waals surface area contributed by atoms with E-state index in [1.807, 2.05) is 36.4 Å². The standard InChI is InChI=1S/C15H12I3NO3/c16-9-2-1-3-10(7-9)22-14-11(17)4-8(5-12(14)18)6-13(19)15(20)21/h1-5,7,13H,6,19H2,(H,20,21)/t13-/m1/s1. The summed E-state index contributed by atoms with van der Waals surface area (Å²) >= 11 is 6.62. The summed E-state index contributed by atoms with van der Waals surface area (Å²) in [5, 5.41) is 8.90. The molecule has 0 saturated carbocycles. The minimum atomic E-state index is -0.996. The predicted octanol–water partition coefficient (Wildman–Crippen LogP) is 4.25. The van der Waals surface area contributed by atoms with Crippen LogP contribution in [0.25, 0.3) is 0 Å². The van der Waals surface area contributed by atoms with Crippen LogP contribution in [0.3, 0.4) is 0 Å². The van der Waals surface area contributed by atoms with Crippen molar-refractivity contribution < 1.29 is 14.6 Å². The molecule has 0 unspecified atom stereocenters. The van der Waals surface area contributed by atoms with Crippen LogP contribution in [0.5, 0.6) is 11.5 Å². The van der Waals surface area contributed by atoms with Crippen LogP contribution in [-0.2, 0) is 11.2 Å². The molecule has 4 nitrogen and oxygen atoms in total. The zero-order chi connectivity index (χ0) is 16.3. The van der Waals surface area contributed by atoms with Crippen LogP contribution < -0.4 is 10.5 Å². The van der Waals surface area contributed by atoms with Gasteiger partial charge in [0.15, 0.2) is 5.75 Å². The Labute approximate surface area is 169 Å². The number of hydrogen-bond acceptors (Lipinski definition) is 3. The average Bonchev–Trinajstić information content (AvgIpc) is 2.43. The van der Waals surface area contributed by atoms with Gasteiger partial charge in [-0.25, -0.2) is 0 Å². The van der Waals surface area contributed by atoms with Crippen LogP contribution in [0.4, 0.5) is 0 Å². The molecule has 0 saturated heterocycles. The molecule has 0 aliphatic heterocycles. The number of carboxylic acid groups (broad SMARTS) is 1. The van der Waals surface area contributed by atoms with Crippen molar-refractivity contribution in [1.29, 1.82) is 0 Å². The van der Waals surface area contributed by atoms with Crippen molar-refractivity contribution in [2.24, 2.45) is 5.73 Å². The first kappa shape index (κ1) is 18.2. The molecule has 0 spiro atoms. The van der Waals surface area contributed by atoms with Gasteiger partial charge in [-0.3, -0.25) is 4.79 Å². The highest BCUT2D eigenvalue weighted by Crippen LogP contribution is 2.33. The van der Waals surface area contributed by atoms with Crippen molar-refractivity contribution in [3.63, 3.8) is 0 Å². The van der Waals surface area contributed by atoms with E-state index in [9.17, 15) is 4.79 Å². The van der Waals surface area contributed by atoms with E-state index in [-0.39, 0.29) is 0 Å². The molecule has 7 heteroatoms. The smallest absolute Gasteiger partial charge is 0.320 e. The number of nitrogens with two attached hydrogens (primary N) is 1. The lowest BCUT2D eigenvalue weighted by Crippen LogP contribution is -2.32. The number of aliphatic carboxylic acids is 1. The normalized spacial score (nSPS) is 12.0. The van der Waals surface area contributed by atoms with E-state index in [1.54, 1.807) is 0 Å². The summed E-state index contributed by atoms with van der Waals surface area (Å²) < 4.78 is 8.92. The fraction of sp³-hybridized carbons (Fsp3) is 0.133. The molecule has 2 aromatic rings. The van der Waals surface area contributed by atoms with Crippen LogP contribution in [-0.4, -0.2) is 17.1 Å². The van der Waals surface area contributed by atoms with Gasteiger partial charge < -0.3 is 15.6 Å². The maximum Gasteiger partial charge on any atom is 0.320 e. The predicted molar refractivity (Wildman–Crippen MR) is 110 cm³/mol. The maximum atomic E-state index is 10.9. The Balaban J connectivity index is 2.25. The fourth-order valence-corrected chi connectivity index (χ4v) is 4.45. The molecule has 0 aliphatic rings. The summed E-state index contributed by atoms with van der Waals surface area (Å²) in [6, 6.07) is 10.7. The molecule has 0 fully saturated rings. The molecular formula is C15H12I3NO3. The minimum absolute atomic E-state index is 0.296. The van der Waals surface area contributed by atoms with Crippen molar-refractivity contribution >= 4 is 73.7 Å². The number of hydrogen-bond donors (Lipinski definition) is 2. The first-order chi connectivity index (χ1) is 10.4. The Hall–Kier alpha value is -0.140. The van der Waals surface area contributed by atoms with Gasteiger partial charge >= 0.3 is 5.97 Å². The first-order valence-electron chi connectivity index (χ1n) is 6.26. The van der Waals surface area contributed by atoms with Gasteiger partial charge in [-0.1, -0.05) is 6.07 Å². The second-order valence-electron chi connectivity index (χ2n) is 4.60. The van der Waals surface area contributed by atoms with Gasteiger partial charge in [-0.2, -0.15) is 0 Å². The summed E-state index contributed by atoms with van der Waals surface area (Å²) in [5.74, 6) is 0.553. The Bertz CT molecular complexity index is 683. The minimum Gasteiger partial charge on any atom is -0.480 e. The van der Waals surface area contributed by atoms with Crippen molar-refractivity contribution in [1.82, 2.24) is 0 Å². The summed E-state index contributed by atoms with van der Waals surface area (Å²) in [6.45, 7) is 0. The number of rotatable bonds is 5. The Kier molecular flexibility index (Phi) is 6.71. The first-order valence-corrected chi connectivity index (χ1v) is 9.50. The van der Waals surface area contributed by atoms with Crippen molar-refractivity contribution in [3.8, 4) is 11.5 Å². The largest absolute Gasteiger partial charge is 0.480 e. The molecule has 2 rings (SSSR count). The second kappa shape index (κ2) is 8.11. The molecule has 1 atom stereocenters. The molecule has 0 bridgehead atoms. The van der Waals surface area contributed by atoms with Gasteiger partial charge in [-0.15, -0.1) is 0 Å². The van der Waals surface area contributed by atoms with Crippen molar-refractivity contribution in [2.75, 3.05) is 0 Å². The summed E-state index contributed by atoms with van der Waals surface area (Å²) in [4.78, 5) is 10.9. The van der Waals surface area contributed by atoms with Crippen LogP contribution in [0.2, 0.25) is 0 Å². The molecule has 2 aromatic carbocycles. The lowest BCUT2D eigenvalue weighted by molar-refractivity contribution is -0.138. The van der Waals surface area contributed by atoms with E-state index >= 15 is 0 Å². The molecular weight excluding hydrogens is 623 g/mol. The maximum absolute atomic E-state index is 10.9. The zero-order valence-corrected chi connectivity index (χ0v) is 17.7. The lowest BCUT2D eigenvalue weighted by atomic mass is 10.1. The summed E-state index contributed by atoms with van der Waals surface area (Å²) in [5.41, 5.74) is 6.48. The molecule has 0 amide bonds. The summed E-state index contributed by atoms with van der Waals surface area (Å²) in [6.07, 6.45) is 0.296.